The quantitative estimate of drug-likeness (QED) is 0.852. The van der Waals surface area contributed by atoms with Gasteiger partial charge in [-0.1, -0.05) is 11.6 Å². The van der Waals surface area contributed by atoms with Gasteiger partial charge in [-0.25, -0.2) is 4.39 Å². The van der Waals surface area contributed by atoms with E-state index in [4.69, 9.17) is 17.3 Å². The summed E-state index contributed by atoms with van der Waals surface area (Å²) in [4.78, 5) is 13.9. The minimum absolute atomic E-state index is 0.0383. The van der Waals surface area contributed by atoms with E-state index in [1.807, 2.05) is 6.92 Å². The van der Waals surface area contributed by atoms with E-state index < -0.39 is 5.82 Å². The number of rotatable bonds is 1. The van der Waals surface area contributed by atoms with Crippen LogP contribution >= 0.6 is 11.6 Å². The minimum atomic E-state index is -0.574. The number of likely N-dealkylation sites (tertiary alicyclic amines) is 1. The molecule has 1 aromatic rings. The van der Waals surface area contributed by atoms with E-state index in [9.17, 15) is 9.18 Å². The maximum Gasteiger partial charge on any atom is 0.257 e. The SMILES string of the molecule is C[C@@H]1C[C@H](N)CCN1C(=O)c1ccc(Cl)cc1F. The Morgan fingerprint density at radius 2 is 2.28 bits per heavy atom. The Morgan fingerprint density at radius 3 is 2.89 bits per heavy atom. The summed E-state index contributed by atoms with van der Waals surface area (Å²) >= 11 is 5.67. The molecular formula is C13H16ClFN2O. The lowest BCUT2D eigenvalue weighted by atomic mass is 9.98. The van der Waals surface area contributed by atoms with Gasteiger partial charge in [-0.2, -0.15) is 0 Å². The van der Waals surface area contributed by atoms with Gasteiger partial charge in [-0.3, -0.25) is 4.79 Å². The molecule has 0 unspecified atom stereocenters. The number of benzene rings is 1. The highest BCUT2D eigenvalue weighted by Gasteiger charge is 2.28. The Bertz CT molecular complexity index is 466. The van der Waals surface area contributed by atoms with E-state index in [1.54, 1.807) is 4.90 Å². The van der Waals surface area contributed by atoms with Gasteiger partial charge in [-0.15, -0.1) is 0 Å². The molecule has 0 bridgehead atoms. The molecule has 1 saturated heterocycles. The van der Waals surface area contributed by atoms with Crippen molar-refractivity contribution >= 4 is 17.5 Å². The third-order valence-electron chi connectivity index (χ3n) is 3.34. The second-order valence-electron chi connectivity index (χ2n) is 4.76. The predicted molar refractivity (Wildman–Crippen MR) is 69.1 cm³/mol. The summed E-state index contributed by atoms with van der Waals surface area (Å²) in [6.07, 6.45) is 1.51. The van der Waals surface area contributed by atoms with Crippen LogP contribution in [0.2, 0.25) is 5.02 Å². The summed E-state index contributed by atoms with van der Waals surface area (Å²) in [6.45, 7) is 2.51. The number of halogens is 2. The lowest BCUT2D eigenvalue weighted by Crippen LogP contribution is -2.48. The van der Waals surface area contributed by atoms with Crippen molar-refractivity contribution < 1.29 is 9.18 Å². The molecular weight excluding hydrogens is 255 g/mol. The zero-order valence-electron chi connectivity index (χ0n) is 10.2. The number of hydrogen-bond donors (Lipinski definition) is 1. The third kappa shape index (κ3) is 2.65. The van der Waals surface area contributed by atoms with Crippen LogP contribution < -0.4 is 5.73 Å². The summed E-state index contributed by atoms with van der Waals surface area (Å²) in [5, 5.41) is 0.290. The van der Waals surface area contributed by atoms with Crippen molar-refractivity contribution in [3.05, 3.63) is 34.6 Å². The summed E-state index contributed by atoms with van der Waals surface area (Å²) in [6, 6.07) is 4.28. The van der Waals surface area contributed by atoms with Gasteiger partial charge in [0.15, 0.2) is 0 Å². The largest absolute Gasteiger partial charge is 0.336 e. The second-order valence-corrected chi connectivity index (χ2v) is 5.19. The van der Waals surface area contributed by atoms with Gasteiger partial charge in [0.25, 0.3) is 5.91 Å². The summed E-state index contributed by atoms with van der Waals surface area (Å²) < 4.78 is 13.7. The fourth-order valence-corrected chi connectivity index (χ4v) is 2.49. The van der Waals surface area contributed by atoms with Crippen molar-refractivity contribution in [3.8, 4) is 0 Å². The van der Waals surface area contributed by atoms with E-state index in [1.165, 1.54) is 12.1 Å². The Balaban J connectivity index is 2.20. The van der Waals surface area contributed by atoms with Crippen molar-refractivity contribution in [1.29, 1.82) is 0 Å². The lowest BCUT2D eigenvalue weighted by Gasteiger charge is -2.36. The van der Waals surface area contributed by atoms with Crippen molar-refractivity contribution in [1.82, 2.24) is 4.90 Å². The molecule has 1 amide bonds. The smallest absolute Gasteiger partial charge is 0.257 e. The van der Waals surface area contributed by atoms with Gasteiger partial charge in [0.05, 0.1) is 5.56 Å². The number of carbonyl (C=O) groups is 1. The van der Waals surface area contributed by atoms with Crippen molar-refractivity contribution in [2.75, 3.05) is 6.54 Å². The van der Waals surface area contributed by atoms with Gasteiger partial charge >= 0.3 is 0 Å². The maximum atomic E-state index is 13.7. The number of carbonyl (C=O) groups excluding carboxylic acids is 1. The molecule has 1 aromatic carbocycles. The van der Waals surface area contributed by atoms with E-state index in [-0.39, 0.29) is 28.6 Å². The zero-order chi connectivity index (χ0) is 13.3. The number of nitrogens with zero attached hydrogens (tertiary/aromatic N) is 1. The van der Waals surface area contributed by atoms with Gasteiger partial charge in [0, 0.05) is 23.7 Å². The fourth-order valence-electron chi connectivity index (χ4n) is 2.33. The first kappa shape index (κ1) is 13.3. The number of nitrogens with two attached hydrogens (primary N) is 1. The molecule has 2 rings (SSSR count). The average Bonchev–Trinajstić information content (AvgIpc) is 2.28. The first-order chi connectivity index (χ1) is 8.49. The topological polar surface area (TPSA) is 46.3 Å². The molecule has 98 valence electrons. The molecule has 1 heterocycles. The van der Waals surface area contributed by atoms with E-state index in [2.05, 4.69) is 0 Å². The lowest BCUT2D eigenvalue weighted by molar-refractivity contribution is 0.0614. The first-order valence-corrected chi connectivity index (χ1v) is 6.38. The summed E-state index contributed by atoms with van der Waals surface area (Å²) in [5.74, 6) is -0.863. The van der Waals surface area contributed by atoms with Crippen LogP contribution in [0.15, 0.2) is 18.2 Å². The number of hydrogen-bond acceptors (Lipinski definition) is 2. The van der Waals surface area contributed by atoms with Crippen LogP contribution in [-0.4, -0.2) is 29.4 Å². The molecule has 0 aliphatic carbocycles. The van der Waals surface area contributed by atoms with Gasteiger partial charge < -0.3 is 10.6 Å². The molecule has 0 saturated carbocycles. The third-order valence-corrected chi connectivity index (χ3v) is 3.57. The highest BCUT2D eigenvalue weighted by molar-refractivity contribution is 6.30. The Labute approximate surface area is 111 Å². The van der Waals surface area contributed by atoms with E-state index in [0.717, 1.165) is 18.9 Å². The van der Waals surface area contributed by atoms with Crippen LogP contribution in [0, 0.1) is 5.82 Å². The van der Waals surface area contributed by atoms with Gasteiger partial charge in [-0.05, 0) is 38.0 Å². The van der Waals surface area contributed by atoms with Crippen LogP contribution in [0.5, 0.6) is 0 Å². The first-order valence-electron chi connectivity index (χ1n) is 6.00. The predicted octanol–water partition coefficient (Wildman–Crippen LogP) is 2.43. The Hall–Kier alpha value is -1.13. The molecule has 18 heavy (non-hydrogen) atoms. The molecule has 2 atom stereocenters. The molecule has 5 heteroatoms. The van der Waals surface area contributed by atoms with Crippen molar-refractivity contribution in [3.63, 3.8) is 0 Å². The molecule has 3 nitrogen and oxygen atoms in total. The standard InChI is InChI=1S/C13H16ClFN2O/c1-8-6-10(16)4-5-17(8)13(18)11-3-2-9(14)7-12(11)15/h2-3,7-8,10H,4-6,16H2,1H3/t8-,10-/m1/s1. The molecule has 0 radical (unpaired) electrons. The van der Waals surface area contributed by atoms with E-state index >= 15 is 0 Å². The van der Waals surface area contributed by atoms with Crippen molar-refractivity contribution in [2.24, 2.45) is 5.73 Å². The van der Waals surface area contributed by atoms with E-state index in [0.29, 0.717) is 6.54 Å². The highest BCUT2D eigenvalue weighted by Crippen LogP contribution is 2.21. The summed E-state index contributed by atoms with van der Waals surface area (Å²) in [5.41, 5.74) is 5.92. The molecule has 1 aliphatic rings. The molecule has 2 N–H and O–H groups in total. The minimum Gasteiger partial charge on any atom is -0.336 e. The fraction of sp³-hybridized carbons (Fsp3) is 0.462. The monoisotopic (exact) mass is 270 g/mol. The van der Waals surface area contributed by atoms with Crippen LogP contribution in [0.1, 0.15) is 30.1 Å². The van der Waals surface area contributed by atoms with Crippen LogP contribution in [-0.2, 0) is 0 Å². The normalized spacial score (nSPS) is 24.1. The zero-order valence-corrected chi connectivity index (χ0v) is 11.0. The Kier molecular flexibility index (Phi) is 3.88. The molecule has 1 aliphatic heterocycles. The summed E-state index contributed by atoms with van der Waals surface area (Å²) in [7, 11) is 0. The van der Waals surface area contributed by atoms with Gasteiger partial charge in [0.2, 0.25) is 0 Å². The van der Waals surface area contributed by atoms with Gasteiger partial charge in [0.1, 0.15) is 5.82 Å². The van der Waals surface area contributed by atoms with Crippen LogP contribution in [0.3, 0.4) is 0 Å². The molecule has 1 fully saturated rings. The average molecular weight is 271 g/mol. The molecule has 0 spiro atoms. The maximum absolute atomic E-state index is 13.7. The van der Waals surface area contributed by atoms with Crippen LogP contribution in [0.4, 0.5) is 4.39 Å². The number of amides is 1. The van der Waals surface area contributed by atoms with Crippen molar-refractivity contribution in [2.45, 2.75) is 31.8 Å². The highest BCUT2D eigenvalue weighted by atomic mass is 35.5. The second kappa shape index (κ2) is 5.24. The Morgan fingerprint density at radius 1 is 1.56 bits per heavy atom. The number of piperidine rings is 1. The van der Waals surface area contributed by atoms with Crippen LogP contribution in [0.25, 0.3) is 0 Å². The molecule has 0 aromatic heterocycles.